The van der Waals surface area contributed by atoms with Crippen LogP contribution in [0.25, 0.3) is 10.8 Å². The molecule has 0 heterocycles. The standard InChI is InChI=1S/C18H14ClNO/c19-17-11-4-2-7-14(17)12-20-18(21)16-10-5-8-13-6-1-3-9-15(13)16/h1-11H,12H2,(H,20,21). The van der Waals surface area contributed by atoms with Gasteiger partial charge in [-0.05, 0) is 28.5 Å². The summed E-state index contributed by atoms with van der Waals surface area (Å²) >= 11 is 6.10. The molecular weight excluding hydrogens is 282 g/mol. The summed E-state index contributed by atoms with van der Waals surface area (Å²) < 4.78 is 0. The number of nitrogens with one attached hydrogen (secondary N) is 1. The molecule has 3 heteroatoms. The Kier molecular flexibility index (Phi) is 3.89. The molecule has 0 aliphatic rings. The van der Waals surface area contributed by atoms with Gasteiger partial charge < -0.3 is 5.32 Å². The van der Waals surface area contributed by atoms with Crippen LogP contribution in [0.15, 0.2) is 66.7 Å². The van der Waals surface area contributed by atoms with E-state index < -0.39 is 0 Å². The van der Waals surface area contributed by atoms with Gasteiger partial charge in [-0.25, -0.2) is 0 Å². The Hall–Kier alpha value is -2.32. The number of halogens is 1. The Bertz CT molecular complexity index is 793. The molecule has 0 aliphatic heterocycles. The lowest BCUT2D eigenvalue weighted by Gasteiger charge is -2.09. The highest BCUT2D eigenvalue weighted by Gasteiger charge is 2.09. The molecule has 0 atom stereocenters. The van der Waals surface area contributed by atoms with Crippen molar-refractivity contribution in [1.29, 1.82) is 0 Å². The summed E-state index contributed by atoms with van der Waals surface area (Å²) in [5, 5.41) is 5.60. The first-order valence-corrected chi connectivity index (χ1v) is 7.13. The molecule has 3 aromatic rings. The molecule has 0 aromatic heterocycles. The summed E-state index contributed by atoms with van der Waals surface area (Å²) in [5.41, 5.74) is 1.59. The fourth-order valence-electron chi connectivity index (χ4n) is 2.34. The van der Waals surface area contributed by atoms with E-state index in [0.29, 0.717) is 17.1 Å². The predicted octanol–water partition coefficient (Wildman–Crippen LogP) is 4.42. The van der Waals surface area contributed by atoms with Gasteiger partial charge in [-0.3, -0.25) is 4.79 Å². The Morgan fingerprint density at radius 3 is 2.48 bits per heavy atom. The van der Waals surface area contributed by atoms with Crippen molar-refractivity contribution in [3.63, 3.8) is 0 Å². The molecule has 0 unspecified atom stereocenters. The van der Waals surface area contributed by atoms with Crippen LogP contribution in [0.5, 0.6) is 0 Å². The van der Waals surface area contributed by atoms with Crippen LogP contribution in [-0.4, -0.2) is 5.91 Å². The van der Waals surface area contributed by atoms with Crippen molar-refractivity contribution in [2.75, 3.05) is 0 Å². The molecule has 0 bridgehead atoms. The number of amides is 1. The largest absolute Gasteiger partial charge is 0.348 e. The zero-order valence-electron chi connectivity index (χ0n) is 11.3. The van der Waals surface area contributed by atoms with Crippen LogP contribution >= 0.6 is 11.6 Å². The first-order valence-electron chi connectivity index (χ1n) is 6.75. The van der Waals surface area contributed by atoms with E-state index in [1.165, 1.54) is 0 Å². The van der Waals surface area contributed by atoms with E-state index in [4.69, 9.17) is 11.6 Å². The number of rotatable bonds is 3. The molecule has 3 rings (SSSR count). The monoisotopic (exact) mass is 295 g/mol. The molecule has 1 N–H and O–H groups in total. The van der Waals surface area contributed by atoms with E-state index in [-0.39, 0.29) is 5.91 Å². The number of fused-ring (bicyclic) bond motifs is 1. The quantitative estimate of drug-likeness (QED) is 0.761. The van der Waals surface area contributed by atoms with Crippen LogP contribution in [0.1, 0.15) is 15.9 Å². The van der Waals surface area contributed by atoms with Gasteiger partial charge >= 0.3 is 0 Å². The van der Waals surface area contributed by atoms with E-state index in [2.05, 4.69) is 5.32 Å². The molecule has 0 saturated carbocycles. The highest BCUT2D eigenvalue weighted by atomic mass is 35.5. The lowest BCUT2D eigenvalue weighted by molar-refractivity contribution is 0.0952. The SMILES string of the molecule is O=C(NCc1ccccc1Cl)c1cccc2ccccc12. The van der Waals surface area contributed by atoms with Crippen molar-refractivity contribution >= 4 is 28.3 Å². The third-order valence-electron chi connectivity index (χ3n) is 3.43. The lowest BCUT2D eigenvalue weighted by atomic mass is 10.0. The van der Waals surface area contributed by atoms with Crippen molar-refractivity contribution in [3.05, 3.63) is 82.9 Å². The summed E-state index contributed by atoms with van der Waals surface area (Å²) in [6.07, 6.45) is 0. The van der Waals surface area contributed by atoms with Crippen LogP contribution in [0, 0.1) is 0 Å². The van der Waals surface area contributed by atoms with Crippen LogP contribution in [-0.2, 0) is 6.54 Å². The van der Waals surface area contributed by atoms with Gasteiger partial charge in [0.15, 0.2) is 0 Å². The van der Waals surface area contributed by atoms with Crippen LogP contribution in [0.3, 0.4) is 0 Å². The molecule has 0 aliphatic carbocycles. The minimum atomic E-state index is -0.0910. The maximum Gasteiger partial charge on any atom is 0.252 e. The number of carbonyl (C=O) groups is 1. The van der Waals surface area contributed by atoms with E-state index in [1.54, 1.807) is 0 Å². The van der Waals surface area contributed by atoms with E-state index in [0.717, 1.165) is 16.3 Å². The van der Waals surface area contributed by atoms with Gasteiger partial charge in [0, 0.05) is 17.1 Å². The maximum absolute atomic E-state index is 12.4. The summed E-state index contributed by atoms with van der Waals surface area (Å²) in [6.45, 7) is 0.418. The van der Waals surface area contributed by atoms with Gasteiger partial charge in [0.1, 0.15) is 0 Å². The van der Waals surface area contributed by atoms with Crippen LogP contribution in [0.2, 0.25) is 5.02 Å². The van der Waals surface area contributed by atoms with Gasteiger partial charge in [-0.2, -0.15) is 0 Å². The zero-order chi connectivity index (χ0) is 14.7. The second-order valence-electron chi connectivity index (χ2n) is 4.80. The smallest absolute Gasteiger partial charge is 0.252 e. The van der Waals surface area contributed by atoms with Crippen molar-refractivity contribution in [1.82, 2.24) is 5.32 Å². The highest BCUT2D eigenvalue weighted by molar-refractivity contribution is 6.31. The number of benzene rings is 3. The molecule has 21 heavy (non-hydrogen) atoms. The van der Waals surface area contributed by atoms with Crippen molar-refractivity contribution in [3.8, 4) is 0 Å². The van der Waals surface area contributed by atoms with E-state index >= 15 is 0 Å². The normalized spacial score (nSPS) is 10.5. The molecule has 1 amide bonds. The van der Waals surface area contributed by atoms with Crippen LogP contribution < -0.4 is 5.32 Å². The molecule has 104 valence electrons. The van der Waals surface area contributed by atoms with Crippen molar-refractivity contribution < 1.29 is 4.79 Å². The van der Waals surface area contributed by atoms with Gasteiger partial charge in [0.05, 0.1) is 0 Å². The number of carbonyl (C=O) groups excluding carboxylic acids is 1. The number of hydrogen-bond acceptors (Lipinski definition) is 1. The van der Waals surface area contributed by atoms with Gasteiger partial charge in [-0.15, -0.1) is 0 Å². The average Bonchev–Trinajstić information content (AvgIpc) is 2.53. The first-order chi connectivity index (χ1) is 10.3. The molecule has 0 spiro atoms. The molecular formula is C18H14ClNO. The van der Waals surface area contributed by atoms with Gasteiger partial charge in [0.2, 0.25) is 0 Å². The maximum atomic E-state index is 12.4. The predicted molar refractivity (Wildman–Crippen MR) is 86.6 cm³/mol. The summed E-state index contributed by atoms with van der Waals surface area (Å²) in [4.78, 5) is 12.4. The number of hydrogen-bond donors (Lipinski definition) is 1. The Morgan fingerprint density at radius 2 is 1.62 bits per heavy atom. The van der Waals surface area contributed by atoms with Crippen molar-refractivity contribution in [2.45, 2.75) is 6.54 Å². The molecule has 0 radical (unpaired) electrons. The van der Waals surface area contributed by atoms with Crippen LogP contribution in [0.4, 0.5) is 0 Å². The van der Waals surface area contributed by atoms with Gasteiger partial charge in [-0.1, -0.05) is 66.2 Å². The molecule has 0 saturated heterocycles. The fourth-order valence-corrected chi connectivity index (χ4v) is 2.54. The third-order valence-corrected chi connectivity index (χ3v) is 3.80. The second kappa shape index (κ2) is 5.98. The van der Waals surface area contributed by atoms with Crippen molar-refractivity contribution in [2.24, 2.45) is 0 Å². The topological polar surface area (TPSA) is 29.1 Å². The Labute approximate surface area is 128 Å². The summed E-state index contributed by atoms with van der Waals surface area (Å²) in [6, 6.07) is 21.1. The molecule has 0 fully saturated rings. The Morgan fingerprint density at radius 1 is 0.905 bits per heavy atom. The highest BCUT2D eigenvalue weighted by Crippen LogP contribution is 2.19. The van der Waals surface area contributed by atoms with E-state index in [9.17, 15) is 4.79 Å². The van der Waals surface area contributed by atoms with E-state index in [1.807, 2.05) is 66.7 Å². The van der Waals surface area contributed by atoms with Gasteiger partial charge in [0.25, 0.3) is 5.91 Å². The average molecular weight is 296 g/mol. The third kappa shape index (κ3) is 2.91. The molecule has 2 nitrogen and oxygen atoms in total. The summed E-state index contributed by atoms with van der Waals surface area (Å²) in [7, 11) is 0. The minimum absolute atomic E-state index is 0.0910. The summed E-state index contributed by atoms with van der Waals surface area (Å²) in [5.74, 6) is -0.0910. The Balaban J connectivity index is 1.83. The fraction of sp³-hybridized carbons (Fsp3) is 0.0556. The minimum Gasteiger partial charge on any atom is -0.348 e. The first kappa shape index (κ1) is 13.7. The zero-order valence-corrected chi connectivity index (χ0v) is 12.1. The molecule has 3 aromatic carbocycles. The lowest BCUT2D eigenvalue weighted by Crippen LogP contribution is -2.23. The second-order valence-corrected chi connectivity index (χ2v) is 5.21.